The lowest BCUT2D eigenvalue weighted by atomic mass is 10.2. The first-order valence-corrected chi connectivity index (χ1v) is 5.92. The number of anilines is 1. The van der Waals surface area contributed by atoms with Crippen LogP contribution in [0, 0.1) is 0 Å². The van der Waals surface area contributed by atoms with Gasteiger partial charge in [-0.1, -0.05) is 12.1 Å². The highest BCUT2D eigenvalue weighted by Crippen LogP contribution is 2.20. The summed E-state index contributed by atoms with van der Waals surface area (Å²) < 4.78 is 0. The molecule has 18 heavy (non-hydrogen) atoms. The minimum Gasteiger partial charge on any atom is -0.476 e. The lowest BCUT2D eigenvalue weighted by molar-refractivity contribution is 0.0691. The van der Waals surface area contributed by atoms with Crippen LogP contribution in [-0.4, -0.2) is 34.1 Å². The van der Waals surface area contributed by atoms with E-state index in [9.17, 15) is 9.90 Å². The summed E-state index contributed by atoms with van der Waals surface area (Å²) in [5.41, 5.74) is 1.33. The Morgan fingerprint density at radius 1 is 1.17 bits per heavy atom. The van der Waals surface area contributed by atoms with Gasteiger partial charge in [0.05, 0.1) is 11.0 Å². The number of benzene rings is 1. The van der Waals surface area contributed by atoms with E-state index in [-0.39, 0.29) is 5.69 Å². The first kappa shape index (κ1) is 12.3. The van der Waals surface area contributed by atoms with Gasteiger partial charge in [-0.25, -0.2) is 14.8 Å². The van der Waals surface area contributed by atoms with E-state index in [4.69, 9.17) is 0 Å². The predicted octanol–water partition coefficient (Wildman–Crippen LogP) is 2.17. The summed E-state index contributed by atoms with van der Waals surface area (Å²) >= 11 is 0. The number of hydrogen-bond acceptors (Lipinski definition) is 4. The van der Waals surface area contributed by atoms with Gasteiger partial charge >= 0.3 is 5.97 Å². The lowest BCUT2D eigenvalue weighted by Gasteiger charge is -2.21. The van der Waals surface area contributed by atoms with Crippen LogP contribution in [0.1, 0.15) is 24.3 Å². The SMILES string of the molecule is CCN(CC)c1nc2ccccc2nc1C(=O)O. The third kappa shape index (κ3) is 2.11. The number of aromatic carboxylic acids is 1. The molecule has 1 aromatic carbocycles. The summed E-state index contributed by atoms with van der Waals surface area (Å²) in [7, 11) is 0. The molecule has 0 saturated carbocycles. The van der Waals surface area contributed by atoms with E-state index >= 15 is 0 Å². The van der Waals surface area contributed by atoms with Crippen LogP contribution >= 0.6 is 0 Å². The second kappa shape index (κ2) is 5.00. The van der Waals surface area contributed by atoms with Crippen molar-refractivity contribution < 1.29 is 9.90 Å². The molecule has 1 heterocycles. The number of hydrogen-bond donors (Lipinski definition) is 1. The van der Waals surface area contributed by atoms with Crippen molar-refractivity contribution in [2.45, 2.75) is 13.8 Å². The largest absolute Gasteiger partial charge is 0.476 e. The van der Waals surface area contributed by atoms with Crippen LogP contribution in [0.15, 0.2) is 24.3 Å². The molecule has 0 atom stereocenters. The van der Waals surface area contributed by atoms with Crippen LogP contribution in [0.25, 0.3) is 11.0 Å². The number of carbonyl (C=O) groups is 1. The van der Waals surface area contributed by atoms with Gasteiger partial charge in [0.25, 0.3) is 0 Å². The maximum Gasteiger partial charge on any atom is 0.358 e. The van der Waals surface area contributed by atoms with E-state index in [1.165, 1.54) is 0 Å². The molecule has 5 nitrogen and oxygen atoms in total. The van der Waals surface area contributed by atoms with Crippen molar-refractivity contribution in [1.29, 1.82) is 0 Å². The Morgan fingerprint density at radius 2 is 1.72 bits per heavy atom. The van der Waals surface area contributed by atoms with Crippen molar-refractivity contribution >= 4 is 22.8 Å². The molecule has 0 spiro atoms. The molecule has 1 aromatic heterocycles. The van der Waals surface area contributed by atoms with Gasteiger partial charge in [-0.15, -0.1) is 0 Å². The van der Waals surface area contributed by atoms with Crippen molar-refractivity contribution in [3.8, 4) is 0 Å². The Kier molecular flexibility index (Phi) is 3.41. The fourth-order valence-electron chi connectivity index (χ4n) is 1.88. The zero-order valence-electron chi connectivity index (χ0n) is 10.4. The summed E-state index contributed by atoms with van der Waals surface area (Å²) in [5, 5.41) is 9.24. The number of fused-ring (bicyclic) bond motifs is 1. The molecule has 0 radical (unpaired) electrons. The van der Waals surface area contributed by atoms with Gasteiger partial charge in [0.2, 0.25) is 0 Å². The van der Waals surface area contributed by atoms with Crippen LogP contribution in [0.5, 0.6) is 0 Å². The van der Waals surface area contributed by atoms with E-state index in [1.807, 2.05) is 36.9 Å². The topological polar surface area (TPSA) is 66.3 Å². The average molecular weight is 245 g/mol. The molecule has 0 aliphatic heterocycles. The number of carboxylic acid groups (broad SMARTS) is 1. The van der Waals surface area contributed by atoms with Gasteiger partial charge in [0.1, 0.15) is 0 Å². The molecule has 94 valence electrons. The fraction of sp³-hybridized carbons (Fsp3) is 0.308. The number of nitrogens with zero attached hydrogens (tertiary/aromatic N) is 3. The highest BCUT2D eigenvalue weighted by Gasteiger charge is 2.18. The predicted molar refractivity (Wildman–Crippen MR) is 70.1 cm³/mol. The van der Waals surface area contributed by atoms with Gasteiger partial charge < -0.3 is 10.0 Å². The summed E-state index contributed by atoms with van der Waals surface area (Å²) in [6.45, 7) is 5.33. The number of para-hydroxylation sites is 2. The van der Waals surface area contributed by atoms with E-state index in [0.29, 0.717) is 29.9 Å². The van der Waals surface area contributed by atoms with Crippen LogP contribution in [-0.2, 0) is 0 Å². The van der Waals surface area contributed by atoms with E-state index in [1.54, 1.807) is 6.07 Å². The standard InChI is InChI=1S/C13H15N3O2/c1-3-16(4-2)12-11(13(17)18)14-9-7-5-6-8-10(9)15-12/h5-8H,3-4H2,1-2H3,(H,17,18). The van der Waals surface area contributed by atoms with Gasteiger partial charge in [-0.05, 0) is 26.0 Å². The van der Waals surface area contributed by atoms with Crippen LogP contribution in [0.3, 0.4) is 0 Å². The molecule has 2 aromatic rings. The number of aromatic nitrogens is 2. The highest BCUT2D eigenvalue weighted by atomic mass is 16.4. The van der Waals surface area contributed by atoms with Crippen LogP contribution < -0.4 is 4.90 Å². The molecule has 0 unspecified atom stereocenters. The van der Waals surface area contributed by atoms with Gasteiger partial charge in [0.15, 0.2) is 11.5 Å². The van der Waals surface area contributed by atoms with Crippen molar-refractivity contribution in [3.63, 3.8) is 0 Å². The molecule has 0 aliphatic rings. The summed E-state index contributed by atoms with van der Waals surface area (Å²) in [6, 6.07) is 7.28. The highest BCUT2D eigenvalue weighted by molar-refractivity contribution is 5.94. The summed E-state index contributed by atoms with van der Waals surface area (Å²) in [5.74, 6) is -0.610. The van der Waals surface area contributed by atoms with E-state index in [0.717, 1.165) is 0 Å². The van der Waals surface area contributed by atoms with Crippen LogP contribution in [0.4, 0.5) is 5.82 Å². The summed E-state index contributed by atoms with van der Waals surface area (Å²) in [4.78, 5) is 21.8. The Labute approximate surface area is 105 Å². The lowest BCUT2D eigenvalue weighted by Crippen LogP contribution is -2.26. The normalized spacial score (nSPS) is 10.6. The molecular formula is C13H15N3O2. The van der Waals surface area contributed by atoms with Crippen molar-refractivity contribution in [2.24, 2.45) is 0 Å². The second-order valence-electron chi connectivity index (χ2n) is 3.86. The molecule has 0 saturated heterocycles. The first-order chi connectivity index (χ1) is 8.67. The minimum atomic E-state index is -1.05. The average Bonchev–Trinajstić information content (AvgIpc) is 2.39. The molecule has 0 aliphatic carbocycles. The van der Waals surface area contributed by atoms with Crippen molar-refractivity contribution in [1.82, 2.24) is 9.97 Å². The van der Waals surface area contributed by atoms with Crippen molar-refractivity contribution in [2.75, 3.05) is 18.0 Å². The summed E-state index contributed by atoms with van der Waals surface area (Å²) in [6.07, 6.45) is 0. The zero-order valence-corrected chi connectivity index (χ0v) is 10.4. The third-order valence-corrected chi connectivity index (χ3v) is 2.82. The maximum atomic E-state index is 11.3. The molecule has 1 N–H and O–H groups in total. The fourth-order valence-corrected chi connectivity index (χ4v) is 1.88. The second-order valence-corrected chi connectivity index (χ2v) is 3.86. The first-order valence-electron chi connectivity index (χ1n) is 5.92. The van der Waals surface area contributed by atoms with Gasteiger partial charge in [0, 0.05) is 13.1 Å². The third-order valence-electron chi connectivity index (χ3n) is 2.82. The Bertz CT molecular complexity index is 579. The van der Waals surface area contributed by atoms with Crippen molar-refractivity contribution in [3.05, 3.63) is 30.0 Å². The van der Waals surface area contributed by atoms with E-state index < -0.39 is 5.97 Å². The Balaban J connectivity index is 2.68. The molecular weight excluding hydrogens is 230 g/mol. The van der Waals surface area contributed by atoms with Gasteiger partial charge in [-0.2, -0.15) is 0 Å². The monoisotopic (exact) mass is 245 g/mol. The molecule has 0 bridgehead atoms. The molecule has 2 rings (SSSR count). The Hall–Kier alpha value is -2.17. The zero-order chi connectivity index (χ0) is 13.1. The number of carboxylic acids is 1. The maximum absolute atomic E-state index is 11.3. The van der Waals surface area contributed by atoms with Crippen LogP contribution in [0.2, 0.25) is 0 Å². The quantitative estimate of drug-likeness (QED) is 0.894. The molecule has 0 amide bonds. The minimum absolute atomic E-state index is 0.0115. The number of rotatable bonds is 4. The smallest absolute Gasteiger partial charge is 0.358 e. The molecule has 0 fully saturated rings. The molecule has 5 heteroatoms. The van der Waals surface area contributed by atoms with E-state index in [2.05, 4.69) is 9.97 Å². The Morgan fingerprint density at radius 3 is 2.22 bits per heavy atom. The van der Waals surface area contributed by atoms with Gasteiger partial charge in [-0.3, -0.25) is 0 Å².